The van der Waals surface area contributed by atoms with Crippen LogP contribution in [0.5, 0.6) is 0 Å². The second-order valence-corrected chi connectivity index (χ2v) is 6.40. The van der Waals surface area contributed by atoms with Crippen molar-refractivity contribution in [2.75, 3.05) is 0 Å². The second-order valence-electron chi connectivity index (χ2n) is 5.49. The minimum atomic E-state index is -0.407. The van der Waals surface area contributed by atoms with Crippen molar-refractivity contribution >= 4 is 34.2 Å². The molecule has 0 heterocycles. The van der Waals surface area contributed by atoms with E-state index in [2.05, 4.69) is 40.3 Å². The Bertz CT molecular complexity index is 425. The van der Waals surface area contributed by atoms with Gasteiger partial charge in [-0.1, -0.05) is 48.3 Å². The molecule has 0 aromatic heterocycles. The summed E-state index contributed by atoms with van der Waals surface area (Å²) in [5.74, 6) is 0.177. The van der Waals surface area contributed by atoms with Gasteiger partial charge in [-0.05, 0) is 43.4 Å². The largest absolute Gasteiger partial charge is 0.352 e. The number of hydrogen-bond acceptors (Lipinski definition) is 2. The zero-order chi connectivity index (χ0) is 15.1. The van der Waals surface area contributed by atoms with E-state index in [4.69, 9.17) is 5.73 Å². The van der Waals surface area contributed by atoms with Gasteiger partial charge in [-0.2, -0.15) is 0 Å². The van der Waals surface area contributed by atoms with E-state index in [0.29, 0.717) is 0 Å². The normalized spacial score (nSPS) is 14.7. The predicted molar refractivity (Wildman–Crippen MR) is 94.7 cm³/mol. The van der Waals surface area contributed by atoms with Gasteiger partial charge in [-0.3, -0.25) is 4.79 Å². The van der Waals surface area contributed by atoms with Crippen LogP contribution in [0.15, 0.2) is 28.7 Å². The maximum atomic E-state index is 12.0. The van der Waals surface area contributed by atoms with Crippen molar-refractivity contribution in [3.05, 3.63) is 34.3 Å². The van der Waals surface area contributed by atoms with Gasteiger partial charge in [0.15, 0.2) is 0 Å². The van der Waals surface area contributed by atoms with Crippen LogP contribution in [0.1, 0.15) is 39.2 Å². The van der Waals surface area contributed by atoms with Crippen LogP contribution in [0, 0.1) is 5.92 Å². The van der Waals surface area contributed by atoms with E-state index < -0.39 is 6.04 Å². The average Bonchev–Trinajstić information content (AvgIpc) is 2.44. The fourth-order valence-corrected chi connectivity index (χ4v) is 2.22. The molecule has 0 bridgehead atoms. The number of benzene rings is 1. The van der Waals surface area contributed by atoms with Crippen LogP contribution in [0.2, 0.25) is 0 Å². The Kier molecular flexibility index (Phi) is 9.92. The maximum Gasteiger partial charge on any atom is 0.237 e. The fourth-order valence-electron chi connectivity index (χ4n) is 1.96. The predicted octanol–water partition coefficient (Wildman–Crippen LogP) is 3.68. The highest BCUT2D eigenvalue weighted by Gasteiger charge is 2.20. The first kappa shape index (κ1) is 20.4. The summed E-state index contributed by atoms with van der Waals surface area (Å²) in [6.07, 6.45) is 2.79. The molecule has 1 amide bonds. The summed E-state index contributed by atoms with van der Waals surface area (Å²) < 4.78 is 1.09. The average molecular weight is 378 g/mol. The van der Waals surface area contributed by atoms with E-state index in [0.717, 1.165) is 23.7 Å². The topological polar surface area (TPSA) is 55.1 Å². The molecule has 3 nitrogen and oxygen atoms in total. The summed E-state index contributed by atoms with van der Waals surface area (Å²) in [5.41, 5.74) is 7.20. The highest BCUT2D eigenvalue weighted by molar-refractivity contribution is 9.10. The zero-order valence-electron chi connectivity index (χ0n) is 12.9. The molecule has 0 radical (unpaired) electrons. The number of rotatable bonds is 7. The lowest BCUT2D eigenvalue weighted by Crippen LogP contribution is -2.47. The van der Waals surface area contributed by atoms with Crippen molar-refractivity contribution in [2.24, 2.45) is 11.7 Å². The Balaban J connectivity index is 0.00000400. The standard InChI is InChI=1S/C16H25BrN2O.ClH/c1-4-11(2)15(18)16(20)19-12(3)5-6-13-7-9-14(17)10-8-13;/h7-12,15H,4-6,18H2,1-3H3,(H,19,20);1H. The maximum absolute atomic E-state index is 12.0. The number of nitrogens with two attached hydrogens (primary N) is 1. The number of nitrogens with one attached hydrogen (secondary N) is 1. The van der Waals surface area contributed by atoms with E-state index >= 15 is 0 Å². The number of hydrogen-bond donors (Lipinski definition) is 2. The number of carbonyl (C=O) groups excluding carboxylic acids is 1. The summed E-state index contributed by atoms with van der Waals surface area (Å²) >= 11 is 3.42. The molecule has 0 aliphatic carbocycles. The van der Waals surface area contributed by atoms with E-state index in [1.165, 1.54) is 5.56 Å². The van der Waals surface area contributed by atoms with Crippen LogP contribution < -0.4 is 11.1 Å². The summed E-state index contributed by atoms with van der Waals surface area (Å²) in [6.45, 7) is 6.09. The number of halogens is 2. The molecular weight excluding hydrogens is 352 g/mol. The van der Waals surface area contributed by atoms with E-state index in [9.17, 15) is 4.79 Å². The van der Waals surface area contributed by atoms with Gasteiger partial charge < -0.3 is 11.1 Å². The first-order valence-corrected chi connectivity index (χ1v) is 8.03. The van der Waals surface area contributed by atoms with Gasteiger partial charge >= 0.3 is 0 Å². The third-order valence-corrected chi connectivity index (χ3v) is 4.26. The molecular formula is C16H26BrClN2O. The molecule has 1 aromatic carbocycles. The van der Waals surface area contributed by atoms with Crippen molar-refractivity contribution in [1.82, 2.24) is 5.32 Å². The first-order valence-electron chi connectivity index (χ1n) is 7.24. The quantitative estimate of drug-likeness (QED) is 0.761. The van der Waals surface area contributed by atoms with Crippen LogP contribution in [-0.2, 0) is 11.2 Å². The molecule has 3 N–H and O–H groups in total. The second kappa shape index (κ2) is 10.2. The van der Waals surface area contributed by atoms with Gasteiger partial charge in [0, 0.05) is 10.5 Å². The molecule has 5 heteroatoms. The fraction of sp³-hybridized carbons (Fsp3) is 0.562. The van der Waals surface area contributed by atoms with Crippen molar-refractivity contribution < 1.29 is 4.79 Å². The van der Waals surface area contributed by atoms with Gasteiger partial charge in [0.2, 0.25) is 5.91 Å². The van der Waals surface area contributed by atoms with Crippen LogP contribution in [0.25, 0.3) is 0 Å². The molecule has 0 aliphatic heterocycles. The van der Waals surface area contributed by atoms with Crippen molar-refractivity contribution in [1.29, 1.82) is 0 Å². The van der Waals surface area contributed by atoms with Crippen LogP contribution >= 0.6 is 28.3 Å². The van der Waals surface area contributed by atoms with Gasteiger partial charge in [0.25, 0.3) is 0 Å². The Morgan fingerprint density at radius 1 is 1.29 bits per heavy atom. The Labute approximate surface area is 142 Å². The summed E-state index contributed by atoms with van der Waals surface area (Å²) in [4.78, 5) is 12.0. The monoisotopic (exact) mass is 376 g/mol. The van der Waals surface area contributed by atoms with Crippen LogP contribution in [-0.4, -0.2) is 18.0 Å². The van der Waals surface area contributed by atoms with Crippen LogP contribution in [0.3, 0.4) is 0 Å². The highest BCUT2D eigenvalue weighted by Crippen LogP contribution is 2.12. The number of aryl methyl sites for hydroxylation is 1. The first-order chi connectivity index (χ1) is 9.43. The van der Waals surface area contributed by atoms with Gasteiger partial charge in [-0.15, -0.1) is 12.4 Å². The third kappa shape index (κ3) is 7.30. The molecule has 1 rings (SSSR count). The van der Waals surface area contributed by atoms with E-state index in [1.807, 2.05) is 26.0 Å². The molecule has 0 saturated carbocycles. The molecule has 0 aliphatic rings. The number of amides is 1. The van der Waals surface area contributed by atoms with Gasteiger partial charge in [-0.25, -0.2) is 0 Å². The zero-order valence-corrected chi connectivity index (χ0v) is 15.3. The highest BCUT2D eigenvalue weighted by atomic mass is 79.9. The van der Waals surface area contributed by atoms with Gasteiger partial charge in [0.05, 0.1) is 6.04 Å². The lowest BCUT2D eigenvalue weighted by Gasteiger charge is -2.21. The molecule has 3 atom stereocenters. The molecule has 21 heavy (non-hydrogen) atoms. The summed E-state index contributed by atoms with van der Waals surface area (Å²) in [6, 6.07) is 8.01. The van der Waals surface area contributed by atoms with Crippen LogP contribution in [0.4, 0.5) is 0 Å². The van der Waals surface area contributed by atoms with E-state index in [1.54, 1.807) is 0 Å². The Hall–Kier alpha value is -0.580. The summed E-state index contributed by atoms with van der Waals surface area (Å²) in [7, 11) is 0. The lowest BCUT2D eigenvalue weighted by molar-refractivity contribution is -0.124. The smallest absolute Gasteiger partial charge is 0.237 e. The molecule has 0 fully saturated rings. The Morgan fingerprint density at radius 2 is 1.86 bits per heavy atom. The molecule has 3 unspecified atom stereocenters. The lowest BCUT2D eigenvalue weighted by atomic mass is 9.99. The van der Waals surface area contributed by atoms with Crippen molar-refractivity contribution in [3.8, 4) is 0 Å². The SMILES string of the molecule is CCC(C)C(N)C(=O)NC(C)CCc1ccc(Br)cc1.Cl. The third-order valence-electron chi connectivity index (χ3n) is 3.73. The minimum Gasteiger partial charge on any atom is -0.352 e. The molecule has 0 saturated heterocycles. The van der Waals surface area contributed by atoms with Crippen molar-refractivity contribution in [3.63, 3.8) is 0 Å². The Morgan fingerprint density at radius 3 is 2.38 bits per heavy atom. The summed E-state index contributed by atoms with van der Waals surface area (Å²) in [5, 5.41) is 3.00. The molecule has 0 spiro atoms. The minimum absolute atomic E-state index is 0. The number of carbonyl (C=O) groups is 1. The van der Waals surface area contributed by atoms with Crippen molar-refractivity contribution in [2.45, 2.75) is 52.1 Å². The molecule has 1 aromatic rings. The molecule has 120 valence electrons. The van der Waals surface area contributed by atoms with E-state index in [-0.39, 0.29) is 30.3 Å². The van der Waals surface area contributed by atoms with Gasteiger partial charge in [0.1, 0.15) is 0 Å².